The van der Waals surface area contributed by atoms with Crippen molar-refractivity contribution in [3.63, 3.8) is 0 Å². The lowest BCUT2D eigenvalue weighted by Crippen LogP contribution is -2.24. The summed E-state index contributed by atoms with van der Waals surface area (Å²) in [4.78, 5) is 21.2. The lowest BCUT2D eigenvalue weighted by molar-refractivity contribution is 0.579. The van der Waals surface area contributed by atoms with Gasteiger partial charge in [0.2, 0.25) is 15.6 Å². The van der Waals surface area contributed by atoms with Crippen LogP contribution in [0.15, 0.2) is 40.3 Å². The molecule has 7 nitrogen and oxygen atoms in total. The molecule has 19 heavy (non-hydrogen) atoms. The van der Waals surface area contributed by atoms with Crippen LogP contribution in [0.1, 0.15) is 11.5 Å². The molecule has 8 heteroatoms. The number of aromatic nitrogens is 3. The minimum atomic E-state index is -3.67. The van der Waals surface area contributed by atoms with Gasteiger partial charge in [0.1, 0.15) is 5.82 Å². The standard InChI is InChI=1S/C11H12N4O3S/c1-8-12-5-4-9(15-8)6-14-19(17,18)10-2-3-11(16)13-7-10/h2-5,7,14H,6H2,1H3,(H,13,16). The molecule has 0 atom stereocenters. The second-order valence-electron chi connectivity index (χ2n) is 3.81. The Morgan fingerprint density at radius 3 is 2.74 bits per heavy atom. The summed E-state index contributed by atoms with van der Waals surface area (Å²) in [5, 5.41) is 0. The van der Waals surface area contributed by atoms with Crippen molar-refractivity contribution in [3.8, 4) is 0 Å². The van der Waals surface area contributed by atoms with Crippen LogP contribution in [0.5, 0.6) is 0 Å². The average Bonchev–Trinajstić information content (AvgIpc) is 2.37. The lowest BCUT2D eigenvalue weighted by Gasteiger charge is -2.06. The van der Waals surface area contributed by atoms with Crippen molar-refractivity contribution in [2.75, 3.05) is 0 Å². The van der Waals surface area contributed by atoms with E-state index in [1.54, 1.807) is 19.2 Å². The maximum Gasteiger partial charge on any atom is 0.247 e. The van der Waals surface area contributed by atoms with Crippen LogP contribution < -0.4 is 10.3 Å². The highest BCUT2D eigenvalue weighted by Crippen LogP contribution is 2.05. The minimum absolute atomic E-state index is 0.00196. The van der Waals surface area contributed by atoms with Crippen molar-refractivity contribution in [1.29, 1.82) is 0 Å². The molecule has 2 rings (SSSR count). The molecule has 0 saturated carbocycles. The van der Waals surface area contributed by atoms with E-state index in [0.717, 1.165) is 12.3 Å². The predicted octanol–water partition coefficient (Wildman–Crippen LogP) is -0.0482. The molecule has 0 spiro atoms. The van der Waals surface area contributed by atoms with Crippen molar-refractivity contribution in [2.45, 2.75) is 18.4 Å². The monoisotopic (exact) mass is 280 g/mol. The summed E-state index contributed by atoms with van der Waals surface area (Å²) in [6, 6.07) is 4.03. The van der Waals surface area contributed by atoms with Crippen LogP contribution in [0.25, 0.3) is 0 Å². The van der Waals surface area contributed by atoms with Gasteiger partial charge in [-0.3, -0.25) is 4.79 Å². The van der Waals surface area contributed by atoms with Gasteiger partial charge in [-0.25, -0.2) is 23.1 Å². The van der Waals surface area contributed by atoms with Gasteiger partial charge in [-0.2, -0.15) is 0 Å². The second-order valence-corrected chi connectivity index (χ2v) is 5.58. The molecule has 100 valence electrons. The highest BCUT2D eigenvalue weighted by atomic mass is 32.2. The lowest BCUT2D eigenvalue weighted by atomic mass is 10.4. The van der Waals surface area contributed by atoms with Gasteiger partial charge in [0.25, 0.3) is 0 Å². The van der Waals surface area contributed by atoms with Gasteiger partial charge in [-0.1, -0.05) is 0 Å². The van der Waals surface area contributed by atoms with E-state index >= 15 is 0 Å². The van der Waals surface area contributed by atoms with Gasteiger partial charge in [-0.15, -0.1) is 0 Å². The second kappa shape index (κ2) is 5.29. The molecule has 0 aliphatic rings. The Hall–Kier alpha value is -2.06. The zero-order valence-corrected chi connectivity index (χ0v) is 10.9. The Balaban J connectivity index is 2.14. The van der Waals surface area contributed by atoms with E-state index in [2.05, 4.69) is 19.7 Å². The van der Waals surface area contributed by atoms with Crippen LogP contribution in [0, 0.1) is 6.92 Å². The molecule has 2 aromatic rings. The van der Waals surface area contributed by atoms with E-state index in [4.69, 9.17) is 0 Å². The largest absolute Gasteiger partial charge is 0.328 e. The predicted molar refractivity (Wildman–Crippen MR) is 67.9 cm³/mol. The summed E-state index contributed by atoms with van der Waals surface area (Å²) in [6.07, 6.45) is 2.71. The van der Waals surface area contributed by atoms with E-state index in [9.17, 15) is 13.2 Å². The van der Waals surface area contributed by atoms with Crippen molar-refractivity contribution < 1.29 is 8.42 Å². The van der Waals surface area contributed by atoms with Crippen molar-refractivity contribution in [3.05, 3.63) is 52.5 Å². The summed E-state index contributed by atoms with van der Waals surface area (Å²) in [7, 11) is -3.67. The number of hydrogen-bond donors (Lipinski definition) is 2. The fraction of sp³-hybridized carbons (Fsp3) is 0.182. The Morgan fingerprint density at radius 1 is 1.32 bits per heavy atom. The van der Waals surface area contributed by atoms with Crippen molar-refractivity contribution >= 4 is 10.0 Å². The van der Waals surface area contributed by atoms with Crippen molar-refractivity contribution in [1.82, 2.24) is 19.7 Å². The summed E-state index contributed by atoms with van der Waals surface area (Å²) in [6.45, 7) is 1.78. The molecule has 0 bridgehead atoms. The molecule has 0 unspecified atom stereocenters. The molecule has 0 aliphatic heterocycles. The minimum Gasteiger partial charge on any atom is -0.328 e. The highest BCUT2D eigenvalue weighted by molar-refractivity contribution is 7.89. The Kier molecular flexibility index (Phi) is 3.72. The van der Waals surface area contributed by atoms with Crippen LogP contribution in [-0.4, -0.2) is 23.4 Å². The fourth-order valence-electron chi connectivity index (χ4n) is 1.42. The Labute approximate surface area is 109 Å². The van der Waals surface area contributed by atoms with Crippen LogP contribution in [0.2, 0.25) is 0 Å². The average molecular weight is 280 g/mol. The normalized spacial score (nSPS) is 11.4. The maximum atomic E-state index is 11.9. The maximum absolute atomic E-state index is 11.9. The molecule has 0 radical (unpaired) electrons. The quantitative estimate of drug-likeness (QED) is 0.817. The first-order chi connectivity index (χ1) is 8.97. The van der Waals surface area contributed by atoms with Gasteiger partial charge in [0, 0.05) is 18.5 Å². The van der Waals surface area contributed by atoms with Gasteiger partial charge < -0.3 is 4.98 Å². The third kappa shape index (κ3) is 3.46. The first kappa shape index (κ1) is 13.4. The van der Waals surface area contributed by atoms with Gasteiger partial charge in [0.15, 0.2) is 0 Å². The van der Waals surface area contributed by atoms with Gasteiger partial charge >= 0.3 is 0 Å². The number of H-pyrrole nitrogens is 1. The zero-order valence-electron chi connectivity index (χ0n) is 10.1. The molecule has 2 aromatic heterocycles. The highest BCUT2D eigenvalue weighted by Gasteiger charge is 2.13. The number of nitrogens with one attached hydrogen (secondary N) is 2. The van der Waals surface area contributed by atoms with E-state index in [-0.39, 0.29) is 17.0 Å². The number of pyridine rings is 1. The molecular weight excluding hydrogens is 268 g/mol. The summed E-state index contributed by atoms with van der Waals surface area (Å²) in [5.41, 5.74) is 0.214. The number of nitrogens with zero attached hydrogens (tertiary/aromatic N) is 2. The molecule has 0 amide bonds. The SMILES string of the molecule is Cc1nccc(CNS(=O)(=O)c2ccc(=O)[nH]c2)n1. The van der Waals surface area contributed by atoms with Crippen LogP contribution in [0.3, 0.4) is 0 Å². The number of sulfonamides is 1. The molecule has 0 fully saturated rings. The topological polar surface area (TPSA) is 105 Å². The molecular formula is C11H12N4O3S. The third-order valence-corrected chi connectivity index (χ3v) is 3.74. The molecule has 0 aliphatic carbocycles. The molecule has 2 N–H and O–H groups in total. The zero-order chi connectivity index (χ0) is 13.9. The van der Waals surface area contributed by atoms with Gasteiger partial charge in [-0.05, 0) is 19.1 Å². The number of aromatic amines is 1. The van der Waals surface area contributed by atoms with E-state index in [0.29, 0.717) is 11.5 Å². The van der Waals surface area contributed by atoms with Crippen LogP contribution in [-0.2, 0) is 16.6 Å². The van der Waals surface area contributed by atoms with E-state index in [1.165, 1.54) is 6.07 Å². The smallest absolute Gasteiger partial charge is 0.247 e. The van der Waals surface area contributed by atoms with Crippen LogP contribution >= 0.6 is 0 Å². The first-order valence-corrected chi connectivity index (χ1v) is 6.93. The Morgan fingerprint density at radius 2 is 2.11 bits per heavy atom. The summed E-state index contributed by atoms with van der Waals surface area (Å²) in [5.74, 6) is 0.570. The molecule has 0 aromatic carbocycles. The third-order valence-electron chi connectivity index (χ3n) is 2.34. The van der Waals surface area contributed by atoms with E-state index < -0.39 is 10.0 Å². The molecule has 0 saturated heterocycles. The van der Waals surface area contributed by atoms with Gasteiger partial charge in [0.05, 0.1) is 17.1 Å². The first-order valence-electron chi connectivity index (χ1n) is 5.44. The fourth-order valence-corrected chi connectivity index (χ4v) is 2.39. The number of hydrogen-bond acceptors (Lipinski definition) is 5. The summed E-state index contributed by atoms with van der Waals surface area (Å²) >= 11 is 0. The number of aryl methyl sites for hydroxylation is 1. The van der Waals surface area contributed by atoms with E-state index in [1.807, 2.05) is 0 Å². The number of rotatable bonds is 4. The van der Waals surface area contributed by atoms with Crippen molar-refractivity contribution in [2.24, 2.45) is 0 Å². The van der Waals surface area contributed by atoms with Crippen LogP contribution in [0.4, 0.5) is 0 Å². The molecule has 2 heterocycles. The summed E-state index contributed by atoms with van der Waals surface area (Å²) < 4.78 is 26.2. The Bertz CT molecular complexity index is 719.